The summed E-state index contributed by atoms with van der Waals surface area (Å²) in [7, 11) is 3.47. The van der Waals surface area contributed by atoms with Crippen LogP contribution in [0.4, 0.5) is 5.69 Å². The Morgan fingerprint density at radius 2 is 1.77 bits per heavy atom. The molecule has 0 saturated carbocycles. The Labute approximate surface area is 157 Å². The van der Waals surface area contributed by atoms with Crippen LogP contribution in [0.2, 0.25) is 0 Å². The number of benzene rings is 2. The van der Waals surface area contributed by atoms with Crippen molar-refractivity contribution >= 4 is 29.3 Å². The molecule has 1 atom stereocenters. The third-order valence-electron chi connectivity index (χ3n) is 4.58. The molecule has 0 N–H and O–H groups in total. The Morgan fingerprint density at radius 1 is 1.12 bits per heavy atom. The highest BCUT2D eigenvalue weighted by atomic mass is 32.2. The SMILES string of the molecule is COc1ccc(N2C(=O)C[C@H](N(C)Cc3ccc(SC)cc3)C2=O)cc1. The average molecular weight is 370 g/mol. The zero-order valence-electron chi connectivity index (χ0n) is 15.1. The molecule has 136 valence electrons. The van der Waals surface area contributed by atoms with E-state index in [1.165, 1.54) is 9.80 Å². The molecule has 1 fully saturated rings. The van der Waals surface area contributed by atoms with E-state index in [1.54, 1.807) is 43.1 Å². The number of imide groups is 1. The molecule has 3 rings (SSSR count). The highest BCUT2D eigenvalue weighted by molar-refractivity contribution is 7.98. The molecular formula is C20H22N2O3S. The number of anilines is 1. The van der Waals surface area contributed by atoms with Gasteiger partial charge in [0.2, 0.25) is 5.91 Å². The lowest BCUT2D eigenvalue weighted by Gasteiger charge is -2.23. The third kappa shape index (κ3) is 3.76. The first-order valence-electron chi connectivity index (χ1n) is 8.37. The summed E-state index contributed by atoms with van der Waals surface area (Å²) in [6.45, 7) is 0.620. The lowest BCUT2D eigenvalue weighted by molar-refractivity contribution is -0.122. The van der Waals surface area contributed by atoms with Gasteiger partial charge in [0.25, 0.3) is 5.91 Å². The average Bonchev–Trinajstić information content (AvgIpc) is 2.97. The summed E-state index contributed by atoms with van der Waals surface area (Å²) in [4.78, 5) is 29.7. The first-order chi connectivity index (χ1) is 12.5. The summed E-state index contributed by atoms with van der Waals surface area (Å²) in [5.41, 5.74) is 1.70. The number of ether oxygens (including phenoxy) is 1. The molecule has 6 heteroatoms. The van der Waals surface area contributed by atoms with Gasteiger partial charge in [-0.1, -0.05) is 12.1 Å². The third-order valence-corrected chi connectivity index (χ3v) is 5.32. The van der Waals surface area contributed by atoms with Gasteiger partial charge >= 0.3 is 0 Å². The van der Waals surface area contributed by atoms with Crippen molar-refractivity contribution in [1.29, 1.82) is 0 Å². The maximum Gasteiger partial charge on any atom is 0.251 e. The molecule has 1 aliphatic heterocycles. The van der Waals surface area contributed by atoms with Crippen molar-refractivity contribution in [3.05, 3.63) is 54.1 Å². The van der Waals surface area contributed by atoms with Gasteiger partial charge in [-0.15, -0.1) is 11.8 Å². The Morgan fingerprint density at radius 3 is 2.35 bits per heavy atom. The van der Waals surface area contributed by atoms with Crippen molar-refractivity contribution in [2.75, 3.05) is 25.3 Å². The van der Waals surface area contributed by atoms with E-state index in [1.807, 2.05) is 18.2 Å². The molecule has 2 amide bonds. The highest BCUT2D eigenvalue weighted by Crippen LogP contribution is 2.27. The van der Waals surface area contributed by atoms with E-state index in [0.29, 0.717) is 18.0 Å². The predicted octanol–water partition coefficient (Wildman–Crippen LogP) is 3.18. The smallest absolute Gasteiger partial charge is 0.251 e. The monoisotopic (exact) mass is 370 g/mol. The van der Waals surface area contributed by atoms with Crippen LogP contribution in [0.1, 0.15) is 12.0 Å². The summed E-state index contributed by atoms with van der Waals surface area (Å²) >= 11 is 1.69. The number of methoxy groups -OCH3 is 1. The van der Waals surface area contributed by atoms with Crippen LogP contribution in [0.25, 0.3) is 0 Å². The van der Waals surface area contributed by atoms with E-state index < -0.39 is 6.04 Å². The molecule has 0 aliphatic carbocycles. The molecule has 0 bridgehead atoms. The van der Waals surface area contributed by atoms with Crippen LogP contribution in [-0.2, 0) is 16.1 Å². The molecule has 2 aromatic carbocycles. The maximum absolute atomic E-state index is 12.8. The van der Waals surface area contributed by atoms with Gasteiger partial charge in [0.05, 0.1) is 25.3 Å². The molecule has 26 heavy (non-hydrogen) atoms. The first-order valence-corrected chi connectivity index (χ1v) is 9.60. The maximum atomic E-state index is 12.8. The topological polar surface area (TPSA) is 49.9 Å². The molecule has 1 saturated heterocycles. The van der Waals surface area contributed by atoms with Gasteiger partial charge in [0, 0.05) is 11.4 Å². The fraction of sp³-hybridized carbons (Fsp3) is 0.300. The van der Waals surface area contributed by atoms with E-state index in [9.17, 15) is 9.59 Å². The van der Waals surface area contributed by atoms with Gasteiger partial charge < -0.3 is 4.74 Å². The normalized spacial score (nSPS) is 17.2. The summed E-state index contributed by atoms with van der Waals surface area (Å²) in [6.07, 6.45) is 2.24. The summed E-state index contributed by atoms with van der Waals surface area (Å²) in [5.74, 6) is 0.341. The molecule has 5 nitrogen and oxygen atoms in total. The molecule has 1 aliphatic rings. The molecule has 0 radical (unpaired) electrons. The van der Waals surface area contributed by atoms with E-state index in [2.05, 4.69) is 24.3 Å². The number of thioether (sulfide) groups is 1. The molecule has 2 aromatic rings. The molecule has 0 aromatic heterocycles. The van der Waals surface area contributed by atoms with Gasteiger partial charge in [0.15, 0.2) is 0 Å². The highest BCUT2D eigenvalue weighted by Gasteiger charge is 2.41. The number of amides is 2. The number of carbonyl (C=O) groups is 2. The second-order valence-corrected chi connectivity index (χ2v) is 7.13. The second kappa shape index (κ2) is 7.93. The Kier molecular flexibility index (Phi) is 5.64. The van der Waals surface area contributed by atoms with Crippen LogP contribution in [0.15, 0.2) is 53.4 Å². The van der Waals surface area contributed by atoms with Crippen LogP contribution in [0, 0.1) is 0 Å². The minimum atomic E-state index is -0.440. The van der Waals surface area contributed by atoms with Crippen molar-refractivity contribution in [3.8, 4) is 5.75 Å². The largest absolute Gasteiger partial charge is 0.497 e. The van der Waals surface area contributed by atoms with Gasteiger partial charge in [-0.2, -0.15) is 0 Å². The summed E-state index contributed by atoms with van der Waals surface area (Å²) < 4.78 is 5.13. The summed E-state index contributed by atoms with van der Waals surface area (Å²) in [6, 6.07) is 14.8. The van der Waals surface area contributed by atoms with Crippen molar-refractivity contribution in [2.45, 2.75) is 23.9 Å². The first kappa shape index (κ1) is 18.5. The minimum Gasteiger partial charge on any atom is -0.497 e. The number of nitrogens with zero attached hydrogens (tertiary/aromatic N) is 2. The number of likely N-dealkylation sites (N-methyl/N-ethyl adjacent to an activating group) is 1. The van der Waals surface area contributed by atoms with E-state index in [0.717, 1.165) is 5.56 Å². The Hall–Kier alpha value is -2.31. The van der Waals surface area contributed by atoms with E-state index in [4.69, 9.17) is 4.74 Å². The summed E-state index contributed by atoms with van der Waals surface area (Å²) in [5, 5.41) is 0. The predicted molar refractivity (Wildman–Crippen MR) is 104 cm³/mol. The number of rotatable bonds is 6. The number of carbonyl (C=O) groups excluding carboxylic acids is 2. The van der Waals surface area contributed by atoms with Gasteiger partial charge in [-0.05, 0) is 55.3 Å². The van der Waals surface area contributed by atoms with Crippen LogP contribution >= 0.6 is 11.8 Å². The second-order valence-electron chi connectivity index (χ2n) is 6.25. The van der Waals surface area contributed by atoms with Gasteiger partial charge in [0.1, 0.15) is 5.75 Å². The van der Waals surface area contributed by atoms with Crippen LogP contribution < -0.4 is 9.64 Å². The molecular weight excluding hydrogens is 348 g/mol. The molecule has 0 unspecified atom stereocenters. The lowest BCUT2D eigenvalue weighted by Crippen LogP contribution is -2.39. The van der Waals surface area contributed by atoms with E-state index >= 15 is 0 Å². The van der Waals surface area contributed by atoms with Crippen LogP contribution in [-0.4, -0.2) is 43.2 Å². The van der Waals surface area contributed by atoms with Crippen LogP contribution in [0.5, 0.6) is 5.75 Å². The molecule has 1 heterocycles. The fourth-order valence-corrected chi connectivity index (χ4v) is 3.50. The van der Waals surface area contributed by atoms with E-state index in [-0.39, 0.29) is 18.2 Å². The zero-order chi connectivity index (χ0) is 18.7. The van der Waals surface area contributed by atoms with Crippen LogP contribution in [0.3, 0.4) is 0 Å². The quantitative estimate of drug-likeness (QED) is 0.577. The van der Waals surface area contributed by atoms with Crippen molar-refractivity contribution < 1.29 is 14.3 Å². The fourth-order valence-electron chi connectivity index (χ4n) is 3.09. The minimum absolute atomic E-state index is 0.172. The number of hydrogen-bond donors (Lipinski definition) is 0. The van der Waals surface area contributed by atoms with Gasteiger partial charge in [-0.25, -0.2) is 4.90 Å². The lowest BCUT2D eigenvalue weighted by atomic mass is 10.1. The Bertz CT molecular complexity index is 790. The standard InChI is InChI=1S/C20H22N2O3S/c1-21(13-14-4-10-17(26-3)11-5-14)18-12-19(23)22(20(18)24)15-6-8-16(25-2)9-7-15/h4-11,18H,12-13H2,1-3H3/t18-/m0/s1. The zero-order valence-corrected chi connectivity index (χ0v) is 16.0. The van der Waals surface area contributed by atoms with Crippen molar-refractivity contribution in [2.24, 2.45) is 0 Å². The van der Waals surface area contributed by atoms with Crippen molar-refractivity contribution in [3.63, 3.8) is 0 Å². The number of hydrogen-bond acceptors (Lipinski definition) is 5. The molecule has 0 spiro atoms. The van der Waals surface area contributed by atoms with Gasteiger partial charge in [-0.3, -0.25) is 14.5 Å². The Balaban J connectivity index is 1.72. The van der Waals surface area contributed by atoms with Crippen molar-refractivity contribution in [1.82, 2.24) is 4.90 Å².